The van der Waals surface area contributed by atoms with Crippen molar-refractivity contribution < 1.29 is 14.1 Å². The lowest BCUT2D eigenvalue weighted by Gasteiger charge is -2.03. The molecule has 0 fully saturated rings. The maximum atomic E-state index is 11.9. The fraction of sp³-hybridized carbons (Fsp3) is 0.267. The number of nitrogens with two attached hydrogens (primary N) is 1. The lowest BCUT2D eigenvalue weighted by Crippen LogP contribution is -2.23. The Hall–Kier alpha value is -3.01. The number of anilines is 1. The Morgan fingerprint density at radius 1 is 1.36 bits per heavy atom. The average molecular weight is 360 g/mol. The van der Waals surface area contributed by atoms with Gasteiger partial charge in [0.05, 0.1) is 19.2 Å². The number of carbonyl (C=O) groups is 1. The first-order valence-corrected chi connectivity index (χ1v) is 8.28. The van der Waals surface area contributed by atoms with E-state index in [2.05, 4.69) is 25.7 Å². The molecule has 3 rings (SSSR count). The minimum absolute atomic E-state index is 0.147. The number of amides is 1. The molecule has 0 atom stereocenters. The van der Waals surface area contributed by atoms with Gasteiger partial charge in [-0.25, -0.2) is 0 Å². The van der Waals surface area contributed by atoms with E-state index < -0.39 is 0 Å². The van der Waals surface area contributed by atoms with Crippen molar-refractivity contribution in [1.29, 1.82) is 0 Å². The molecule has 0 aliphatic carbocycles. The Kier molecular flexibility index (Phi) is 5.19. The lowest BCUT2D eigenvalue weighted by atomic mass is 10.2. The maximum Gasteiger partial charge on any atom is 0.227 e. The van der Waals surface area contributed by atoms with Crippen LogP contribution in [0, 0.1) is 0 Å². The Bertz CT molecular complexity index is 862. The number of aromatic nitrogens is 4. The van der Waals surface area contributed by atoms with Crippen LogP contribution in [0.1, 0.15) is 17.3 Å². The van der Waals surface area contributed by atoms with Crippen LogP contribution in [-0.2, 0) is 17.8 Å². The van der Waals surface area contributed by atoms with Crippen LogP contribution in [0.4, 0.5) is 5.13 Å². The molecule has 2 heterocycles. The normalized spacial score (nSPS) is 10.6. The van der Waals surface area contributed by atoms with Gasteiger partial charge >= 0.3 is 0 Å². The van der Waals surface area contributed by atoms with Gasteiger partial charge in [-0.15, -0.1) is 10.2 Å². The molecule has 0 aliphatic heterocycles. The van der Waals surface area contributed by atoms with E-state index in [-0.39, 0.29) is 12.3 Å². The van der Waals surface area contributed by atoms with Crippen molar-refractivity contribution in [2.24, 2.45) is 0 Å². The number of aryl methyl sites for hydroxylation is 1. The molecule has 0 saturated heterocycles. The van der Waals surface area contributed by atoms with Crippen molar-refractivity contribution in [3.05, 3.63) is 35.2 Å². The van der Waals surface area contributed by atoms with Crippen LogP contribution in [0.25, 0.3) is 11.4 Å². The van der Waals surface area contributed by atoms with Gasteiger partial charge in [0.15, 0.2) is 0 Å². The van der Waals surface area contributed by atoms with Gasteiger partial charge in [-0.05, 0) is 12.1 Å². The van der Waals surface area contributed by atoms with Gasteiger partial charge in [-0.2, -0.15) is 4.98 Å². The zero-order valence-electron chi connectivity index (χ0n) is 13.4. The molecule has 0 unspecified atom stereocenters. The highest BCUT2D eigenvalue weighted by molar-refractivity contribution is 7.15. The van der Waals surface area contributed by atoms with Crippen molar-refractivity contribution in [2.75, 3.05) is 12.8 Å². The topological polar surface area (TPSA) is 129 Å². The summed E-state index contributed by atoms with van der Waals surface area (Å²) in [6.07, 6.45) is 0.564. The second-order valence-electron chi connectivity index (χ2n) is 5.02. The molecule has 25 heavy (non-hydrogen) atoms. The minimum Gasteiger partial charge on any atom is -0.496 e. The molecule has 2 aromatic heterocycles. The molecule has 130 valence electrons. The van der Waals surface area contributed by atoms with Crippen LogP contribution in [0.2, 0.25) is 0 Å². The third-order valence-corrected chi connectivity index (χ3v) is 4.05. The molecule has 1 aromatic carbocycles. The summed E-state index contributed by atoms with van der Waals surface area (Å²) < 4.78 is 10.5. The van der Waals surface area contributed by atoms with Crippen molar-refractivity contribution in [3.8, 4) is 17.1 Å². The predicted molar refractivity (Wildman–Crippen MR) is 90.8 cm³/mol. The van der Waals surface area contributed by atoms with Gasteiger partial charge in [-0.1, -0.05) is 28.6 Å². The Morgan fingerprint density at radius 3 is 2.96 bits per heavy atom. The second kappa shape index (κ2) is 7.71. The van der Waals surface area contributed by atoms with Crippen LogP contribution in [0.3, 0.4) is 0 Å². The number of ether oxygens (including phenoxy) is 1. The first kappa shape index (κ1) is 16.8. The Labute approximate surface area is 147 Å². The second-order valence-corrected chi connectivity index (χ2v) is 6.12. The molecule has 3 N–H and O–H groups in total. The third-order valence-electron chi connectivity index (χ3n) is 3.30. The number of nitrogen functional groups attached to an aromatic ring is 1. The fourth-order valence-corrected chi connectivity index (χ4v) is 2.67. The molecule has 3 aromatic rings. The summed E-state index contributed by atoms with van der Waals surface area (Å²) in [6.45, 7) is 0.296. The summed E-state index contributed by atoms with van der Waals surface area (Å²) in [7, 11) is 1.58. The van der Waals surface area contributed by atoms with Crippen LogP contribution in [0.5, 0.6) is 5.75 Å². The zero-order valence-corrected chi connectivity index (χ0v) is 14.2. The summed E-state index contributed by atoms with van der Waals surface area (Å²) >= 11 is 1.24. The number of nitrogens with zero attached hydrogens (tertiary/aromatic N) is 4. The summed E-state index contributed by atoms with van der Waals surface area (Å²) in [4.78, 5) is 16.2. The van der Waals surface area contributed by atoms with Crippen LogP contribution >= 0.6 is 11.3 Å². The smallest absolute Gasteiger partial charge is 0.227 e. The van der Waals surface area contributed by atoms with Gasteiger partial charge in [-0.3, -0.25) is 4.79 Å². The Balaban J connectivity index is 1.54. The van der Waals surface area contributed by atoms with E-state index in [4.69, 9.17) is 15.0 Å². The van der Waals surface area contributed by atoms with E-state index in [0.717, 1.165) is 5.56 Å². The van der Waals surface area contributed by atoms with Crippen molar-refractivity contribution in [1.82, 2.24) is 25.7 Å². The molecule has 1 amide bonds. The molecule has 0 bridgehead atoms. The molecular formula is C15H16N6O3S. The average Bonchev–Trinajstić information content (AvgIpc) is 3.27. The predicted octanol–water partition coefficient (Wildman–Crippen LogP) is 1.43. The molecule has 0 spiro atoms. The number of carbonyl (C=O) groups excluding carboxylic acids is 1. The largest absolute Gasteiger partial charge is 0.496 e. The third kappa shape index (κ3) is 4.29. The van der Waals surface area contributed by atoms with Gasteiger partial charge in [0.1, 0.15) is 10.8 Å². The van der Waals surface area contributed by atoms with Gasteiger partial charge < -0.3 is 20.3 Å². The first-order chi connectivity index (χ1) is 12.2. The first-order valence-electron chi connectivity index (χ1n) is 7.46. The quantitative estimate of drug-likeness (QED) is 0.647. The minimum atomic E-state index is -0.147. The van der Waals surface area contributed by atoms with Crippen LogP contribution < -0.4 is 15.8 Å². The van der Waals surface area contributed by atoms with Gasteiger partial charge in [0, 0.05) is 12.8 Å². The van der Waals surface area contributed by atoms with Crippen LogP contribution in [-0.4, -0.2) is 33.4 Å². The van der Waals surface area contributed by atoms with E-state index in [0.29, 0.717) is 40.6 Å². The number of rotatable bonds is 7. The van der Waals surface area contributed by atoms with E-state index in [1.165, 1.54) is 11.3 Å². The zero-order chi connectivity index (χ0) is 17.6. The van der Waals surface area contributed by atoms with Gasteiger partial charge in [0.2, 0.25) is 22.8 Å². The van der Waals surface area contributed by atoms with E-state index in [1.54, 1.807) is 7.11 Å². The van der Waals surface area contributed by atoms with E-state index in [1.807, 2.05) is 24.3 Å². The number of hydrogen-bond acceptors (Lipinski definition) is 9. The summed E-state index contributed by atoms with van der Waals surface area (Å²) in [5.74, 6) is 1.32. The molecule has 0 aliphatic rings. The molecular weight excluding hydrogens is 344 g/mol. The number of hydrogen-bond donors (Lipinski definition) is 2. The fourth-order valence-electron chi connectivity index (χ4n) is 2.12. The SMILES string of the molecule is COc1ccccc1-c1noc(CCC(=O)NCc2nnc(N)s2)n1. The monoisotopic (exact) mass is 360 g/mol. The number of nitrogens with one attached hydrogen (secondary N) is 1. The number of methoxy groups -OCH3 is 1. The molecule has 0 saturated carbocycles. The van der Waals surface area contributed by atoms with Gasteiger partial charge in [0.25, 0.3) is 0 Å². The molecule has 10 heteroatoms. The molecule has 0 radical (unpaired) electrons. The summed E-state index contributed by atoms with van der Waals surface area (Å²) in [5, 5.41) is 15.2. The van der Waals surface area contributed by atoms with Crippen molar-refractivity contribution >= 4 is 22.4 Å². The van der Waals surface area contributed by atoms with E-state index >= 15 is 0 Å². The number of para-hydroxylation sites is 1. The molecule has 9 nitrogen and oxygen atoms in total. The van der Waals surface area contributed by atoms with E-state index in [9.17, 15) is 4.79 Å². The lowest BCUT2D eigenvalue weighted by molar-refractivity contribution is -0.121. The Morgan fingerprint density at radius 2 is 2.20 bits per heavy atom. The standard InChI is InChI=1S/C15H16N6O3S/c1-23-10-5-3-2-4-9(10)14-18-12(24-21-14)7-6-11(22)17-8-13-19-20-15(16)25-13/h2-5H,6-8H2,1H3,(H2,16,20)(H,17,22). The highest BCUT2D eigenvalue weighted by Crippen LogP contribution is 2.27. The highest BCUT2D eigenvalue weighted by Gasteiger charge is 2.14. The maximum absolute atomic E-state index is 11.9. The van der Waals surface area contributed by atoms with Crippen LogP contribution in [0.15, 0.2) is 28.8 Å². The summed E-state index contributed by atoms with van der Waals surface area (Å²) in [5.41, 5.74) is 6.22. The van der Waals surface area contributed by atoms with Crippen molar-refractivity contribution in [2.45, 2.75) is 19.4 Å². The van der Waals surface area contributed by atoms with Crippen molar-refractivity contribution in [3.63, 3.8) is 0 Å². The highest BCUT2D eigenvalue weighted by atomic mass is 32.1. The summed E-state index contributed by atoms with van der Waals surface area (Å²) in [6, 6.07) is 7.38. The number of benzene rings is 1.